The van der Waals surface area contributed by atoms with Gasteiger partial charge in [-0.1, -0.05) is 0 Å². The zero-order chi connectivity index (χ0) is 26.5. The number of ether oxygens (including phenoxy) is 5. The molecule has 1 aliphatic carbocycles. The molecule has 4 fully saturated rings. The van der Waals surface area contributed by atoms with Crippen LogP contribution in [0.3, 0.4) is 0 Å². The minimum absolute atomic E-state index is 0.254. The van der Waals surface area contributed by atoms with E-state index in [0.29, 0.717) is 0 Å². The monoisotopic (exact) mass is 527 g/mol. The fourth-order valence-corrected chi connectivity index (χ4v) is 5.23. The topological polar surface area (TPSA) is 272 Å². The van der Waals surface area contributed by atoms with Crippen molar-refractivity contribution in [2.75, 3.05) is 20.3 Å². The Bertz CT molecular complexity index is 756. The molecule has 16 atom stereocenters. The Kier molecular flexibility index (Phi) is 8.55. The first-order valence-corrected chi connectivity index (χ1v) is 11.8. The van der Waals surface area contributed by atoms with Crippen LogP contribution in [0.15, 0.2) is 0 Å². The summed E-state index contributed by atoms with van der Waals surface area (Å²) < 4.78 is 28.7. The van der Waals surface area contributed by atoms with Crippen LogP contribution in [-0.2, 0) is 23.7 Å². The molecular formula is C20H37N3O13. The van der Waals surface area contributed by atoms with Gasteiger partial charge in [-0.15, -0.1) is 0 Å². The predicted molar refractivity (Wildman–Crippen MR) is 115 cm³/mol. The van der Waals surface area contributed by atoms with Gasteiger partial charge in [-0.25, -0.2) is 0 Å². The maximum absolute atomic E-state index is 10.7. The highest BCUT2D eigenvalue weighted by atomic mass is 16.9. The van der Waals surface area contributed by atoms with Gasteiger partial charge in [0.1, 0.15) is 48.8 Å². The van der Waals surface area contributed by atoms with E-state index in [1.807, 2.05) is 0 Å². The molecule has 0 aromatic rings. The van der Waals surface area contributed by atoms with Crippen LogP contribution in [0, 0.1) is 0 Å². The van der Waals surface area contributed by atoms with Gasteiger partial charge >= 0.3 is 5.97 Å². The summed E-state index contributed by atoms with van der Waals surface area (Å²) in [6.07, 6.45) is -17.7. The Labute approximate surface area is 206 Å². The van der Waals surface area contributed by atoms with E-state index >= 15 is 0 Å². The molecular weight excluding hydrogens is 490 g/mol. The van der Waals surface area contributed by atoms with Gasteiger partial charge in [0, 0.05) is 12.1 Å². The molecule has 3 aliphatic heterocycles. The largest absolute Gasteiger partial charge is 0.395 e. The Hall–Kier alpha value is -0.640. The first-order chi connectivity index (χ1) is 17.0. The van der Waals surface area contributed by atoms with Crippen molar-refractivity contribution in [3.8, 4) is 0 Å². The van der Waals surface area contributed by atoms with Gasteiger partial charge in [0.05, 0.1) is 31.5 Å². The summed E-state index contributed by atoms with van der Waals surface area (Å²) in [5, 5.41) is 85.6. The summed E-state index contributed by atoms with van der Waals surface area (Å²) in [4.78, 5) is 0. The second-order valence-electron chi connectivity index (χ2n) is 9.72. The van der Waals surface area contributed by atoms with E-state index in [9.17, 15) is 40.9 Å². The summed E-state index contributed by atoms with van der Waals surface area (Å²) in [7, 11) is 1.60. The van der Waals surface area contributed by atoms with Crippen LogP contribution in [0.5, 0.6) is 0 Å². The molecule has 1 unspecified atom stereocenters. The van der Waals surface area contributed by atoms with Gasteiger partial charge in [0.25, 0.3) is 0 Å². The quantitative estimate of drug-likeness (QED) is 0.153. The molecule has 1 saturated carbocycles. The lowest BCUT2D eigenvalue weighted by Gasteiger charge is -2.46. The first-order valence-electron chi connectivity index (χ1n) is 11.8. The summed E-state index contributed by atoms with van der Waals surface area (Å²) >= 11 is 0. The van der Waals surface area contributed by atoms with E-state index in [1.54, 1.807) is 7.05 Å². The second-order valence-corrected chi connectivity index (χ2v) is 9.72. The lowest BCUT2D eigenvalue weighted by Crippen LogP contribution is -2.69. The highest BCUT2D eigenvalue weighted by molar-refractivity contribution is 5.05. The van der Waals surface area contributed by atoms with Gasteiger partial charge in [-0.3, -0.25) is 0 Å². The number of aliphatic hydroxyl groups is 8. The number of nitrogens with two attached hydrogens (primary N) is 2. The van der Waals surface area contributed by atoms with Crippen LogP contribution in [0.1, 0.15) is 6.42 Å². The van der Waals surface area contributed by atoms with E-state index in [-0.39, 0.29) is 6.42 Å². The molecule has 13 N–H and O–H groups in total. The Balaban J connectivity index is 1.62. The van der Waals surface area contributed by atoms with Gasteiger partial charge in [-0.2, -0.15) is 0 Å². The van der Waals surface area contributed by atoms with E-state index < -0.39 is 111 Å². The van der Waals surface area contributed by atoms with Gasteiger partial charge in [0.2, 0.25) is 0 Å². The Morgan fingerprint density at radius 2 is 1.61 bits per heavy atom. The fourth-order valence-electron chi connectivity index (χ4n) is 5.23. The first kappa shape index (κ1) is 28.4. The van der Waals surface area contributed by atoms with Crippen LogP contribution in [0.2, 0.25) is 0 Å². The third-order valence-corrected chi connectivity index (χ3v) is 7.42. The highest BCUT2D eigenvalue weighted by Crippen LogP contribution is 2.45. The molecule has 0 aromatic carbocycles. The van der Waals surface area contributed by atoms with Crippen LogP contribution in [0.25, 0.3) is 0 Å². The molecule has 3 saturated heterocycles. The molecule has 36 heavy (non-hydrogen) atoms. The lowest BCUT2D eigenvalue weighted by atomic mass is 9.84. The van der Waals surface area contributed by atoms with Crippen molar-refractivity contribution < 1.29 is 64.5 Å². The highest BCUT2D eigenvalue weighted by Gasteiger charge is 2.67. The second kappa shape index (κ2) is 10.9. The van der Waals surface area contributed by atoms with Crippen molar-refractivity contribution in [1.29, 1.82) is 0 Å². The number of aliphatic hydroxyl groups excluding tert-OH is 8. The number of hydrogen-bond donors (Lipinski definition) is 11. The molecule has 16 heteroatoms. The number of rotatable bonds is 6. The average Bonchev–Trinajstić information content (AvgIpc) is 3.27. The van der Waals surface area contributed by atoms with Crippen LogP contribution >= 0.6 is 0 Å². The van der Waals surface area contributed by atoms with E-state index in [0.717, 1.165) is 0 Å². The van der Waals surface area contributed by atoms with Crippen molar-refractivity contribution in [1.82, 2.24) is 5.32 Å². The molecule has 0 bridgehead atoms. The zero-order valence-electron chi connectivity index (χ0n) is 19.6. The van der Waals surface area contributed by atoms with Crippen molar-refractivity contribution in [3.63, 3.8) is 0 Å². The minimum Gasteiger partial charge on any atom is -0.395 e. The van der Waals surface area contributed by atoms with Crippen molar-refractivity contribution >= 4 is 0 Å². The molecule has 16 nitrogen and oxygen atoms in total. The lowest BCUT2D eigenvalue weighted by molar-refractivity contribution is -0.439. The predicted octanol–water partition coefficient (Wildman–Crippen LogP) is -7.27. The maximum atomic E-state index is 10.7. The van der Waals surface area contributed by atoms with Crippen molar-refractivity contribution in [2.24, 2.45) is 11.5 Å². The third-order valence-electron chi connectivity index (χ3n) is 7.42. The number of fused-ring (bicyclic) bond motifs is 1. The van der Waals surface area contributed by atoms with E-state index in [1.165, 1.54) is 0 Å². The molecule has 210 valence electrons. The third kappa shape index (κ3) is 4.68. The number of likely N-dealkylation sites (N-methyl/N-ethyl adjacent to an activating group) is 1. The minimum atomic E-state index is -2.48. The van der Waals surface area contributed by atoms with Crippen LogP contribution < -0.4 is 16.8 Å². The summed E-state index contributed by atoms with van der Waals surface area (Å²) in [6.45, 7) is -1.33. The average molecular weight is 528 g/mol. The fraction of sp³-hybridized carbons (Fsp3) is 1.00. The summed E-state index contributed by atoms with van der Waals surface area (Å²) in [5.41, 5.74) is 11.8. The normalized spacial score (nSPS) is 54.4. The van der Waals surface area contributed by atoms with Gasteiger partial charge in [0.15, 0.2) is 12.4 Å². The smallest absolute Gasteiger partial charge is 0.314 e. The molecule has 0 radical (unpaired) electrons. The summed E-state index contributed by atoms with van der Waals surface area (Å²) in [5.74, 6) is -2.48. The van der Waals surface area contributed by atoms with Gasteiger partial charge < -0.3 is 81.3 Å². The van der Waals surface area contributed by atoms with Crippen LogP contribution in [-0.4, -0.2) is 159 Å². The van der Waals surface area contributed by atoms with E-state index in [4.69, 9.17) is 35.2 Å². The maximum Gasteiger partial charge on any atom is 0.314 e. The molecule has 3 heterocycles. The molecule has 4 aliphatic rings. The molecule has 0 amide bonds. The molecule has 0 aromatic heterocycles. The summed E-state index contributed by atoms with van der Waals surface area (Å²) in [6, 6.07) is -2.50. The Morgan fingerprint density at radius 1 is 0.944 bits per heavy atom. The molecule has 1 spiro atoms. The van der Waals surface area contributed by atoms with Crippen molar-refractivity contribution in [3.05, 3.63) is 0 Å². The number of hydrogen-bond acceptors (Lipinski definition) is 16. The molecule has 4 rings (SSSR count). The van der Waals surface area contributed by atoms with Crippen molar-refractivity contribution in [2.45, 2.75) is 104 Å². The van der Waals surface area contributed by atoms with Gasteiger partial charge in [-0.05, 0) is 13.5 Å². The zero-order valence-corrected chi connectivity index (χ0v) is 19.6. The van der Waals surface area contributed by atoms with E-state index in [2.05, 4.69) is 5.32 Å². The Morgan fingerprint density at radius 3 is 2.22 bits per heavy atom. The SMILES string of the molecule is CN[C@H]1C[C@@H](N)[C@H](O)[C@@H](O[C@@H]2O[C@H](CO)[C@@H](O)[C@@H]3OC4(O[C@H]23)O[C@H]([C@@H](N)CO)[C@H](O)[C@H](O)[C@H]4O)[C@@H]1O. The van der Waals surface area contributed by atoms with Crippen LogP contribution in [0.4, 0.5) is 0 Å². The standard InChI is InChI=1S/C20H37N3O13/c1-23-7-2-5(21)9(26)15(10(7)27)33-19-17-16(11(28)8(4-25)32-19)35-20(36-17)18(31)13(30)12(29)14(34-20)6(22)3-24/h5-19,23-31H,2-4,21-22H2,1H3/t5-,6+,7+,8-,9+,10-,11-,12-,13+,14-,15-,16+,17+,18-,19+,20?/m1/s1. The number of nitrogens with one attached hydrogen (secondary N) is 1.